The average Bonchev–Trinajstić information content (AvgIpc) is 3.22. The zero-order chi connectivity index (χ0) is 20.5. The van der Waals surface area contributed by atoms with Crippen LogP contribution in [0.2, 0.25) is 5.02 Å². The molecule has 1 fully saturated rings. The summed E-state index contributed by atoms with van der Waals surface area (Å²) < 4.78 is 0. The first kappa shape index (κ1) is 19.1. The van der Waals surface area contributed by atoms with Crippen molar-refractivity contribution >= 4 is 40.7 Å². The fourth-order valence-electron chi connectivity index (χ4n) is 3.39. The number of hydrogen-bond acceptors (Lipinski definition) is 6. The van der Waals surface area contributed by atoms with E-state index in [0.29, 0.717) is 16.4 Å². The molecule has 2 aliphatic rings. The highest BCUT2D eigenvalue weighted by Gasteiger charge is 2.55. The summed E-state index contributed by atoms with van der Waals surface area (Å²) in [5.41, 5.74) is 2.18. The Morgan fingerprint density at radius 2 is 1.90 bits per heavy atom. The Balaban J connectivity index is 1.46. The number of carbonyl (C=O) groups is 3. The van der Waals surface area contributed by atoms with Crippen LogP contribution < -0.4 is 10.2 Å². The maximum absolute atomic E-state index is 12.9. The van der Waals surface area contributed by atoms with E-state index in [4.69, 9.17) is 11.6 Å². The zero-order valence-corrected chi connectivity index (χ0v) is 16.3. The van der Waals surface area contributed by atoms with Crippen LogP contribution in [0.25, 0.3) is 0 Å². The number of benzene rings is 2. The summed E-state index contributed by atoms with van der Waals surface area (Å²) in [6.45, 7) is 1.86. The maximum atomic E-state index is 12.9. The summed E-state index contributed by atoms with van der Waals surface area (Å²) in [7, 11) is 0. The molecule has 2 aliphatic heterocycles. The van der Waals surface area contributed by atoms with Gasteiger partial charge in [0.1, 0.15) is 6.54 Å². The van der Waals surface area contributed by atoms with E-state index < -0.39 is 23.9 Å². The van der Waals surface area contributed by atoms with Crippen LogP contribution in [0, 0.1) is 0 Å². The van der Waals surface area contributed by atoms with Gasteiger partial charge in [-0.05, 0) is 42.3 Å². The molecule has 0 saturated carbocycles. The van der Waals surface area contributed by atoms with Crippen molar-refractivity contribution in [1.29, 1.82) is 0 Å². The Labute approximate surface area is 172 Å². The molecular weight excluding hydrogens is 394 g/mol. The van der Waals surface area contributed by atoms with Crippen LogP contribution in [0.15, 0.2) is 58.9 Å². The molecule has 0 aromatic heterocycles. The third kappa shape index (κ3) is 3.58. The van der Waals surface area contributed by atoms with Gasteiger partial charge in [0.15, 0.2) is 12.1 Å². The van der Waals surface area contributed by atoms with E-state index in [1.807, 2.05) is 24.3 Å². The van der Waals surface area contributed by atoms with Gasteiger partial charge in [-0.3, -0.25) is 19.4 Å². The van der Waals surface area contributed by atoms with E-state index in [1.165, 1.54) is 11.1 Å². The molecule has 3 amide bonds. The summed E-state index contributed by atoms with van der Waals surface area (Å²) in [5, 5.41) is 12.2. The van der Waals surface area contributed by atoms with Crippen LogP contribution in [0.1, 0.15) is 12.5 Å². The fraction of sp³-hybridized carbons (Fsp3) is 0.250. The third-order valence-electron chi connectivity index (χ3n) is 4.88. The van der Waals surface area contributed by atoms with E-state index in [0.717, 1.165) is 16.9 Å². The maximum Gasteiger partial charge on any atom is 0.263 e. The number of nitrogens with zero attached hydrogens (tertiary/aromatic N) is 4. The van der Waals surface area contributed by atoms with Gasteiger partial charge in [-0.15, -0.1) is 0 Å². The Kier molecular flexibility index (Phi) is 5.02. The molecule has 0 aliphatic carbocycles. The van der Waals surface area contributed by atoms with Crippen molar-refractivity contribution < 1.29 is 14.4 Å². The number of anilines is 2. The largest absolute Gasteiger partial charge is 0.324 e. The third-order valence-corrected chi connectivity index (χ3v) is 5.11. The first-order valence-corrected chi connectivity index (χ1v) is 9.55. The Hall–Kier alpha value is -3.26. The number of aryl methyl sites for hydroxylation is 1. The van der Waals surface area contributed by atoms with E-state index >= 15 is 0 Å². The Morgan fingerprint density at radius 1 is 1.14 bits per heavy atom. The summed E-state index contributed by atoms with van der Waals surface area (Å²) in [4.78, 5) is 39.0. The molecule has 1 saturated heterocycles. The lowest BCUT2D eigenvalue weighted by Gasteiger charge is -2.20. The fourth-order valence-corrected chi connectivity index (χ4v) is 3.58. The smallest absolute Gasteiger partial charge is 0.263 e. The van der Waals surface area contributed by atoms with Gasteiger partial charge in [0, 0.05) is 10.7 Å². The number of fused-ring (bicyclic) bond motifs is 1. The first-order chi connectivity index (χ1) is 14.0. The Morgan fingerprint density at radius 3 is 2.59 bits per heavy atom. The lowest BCUT2D eigenvalue weighted by molar-refractivity contribution is -0.123. The SMILES string of the molecule is CCc1ccc(NC(=O)CN2N=NC3C(=O)N(c4cccc(Cl)c4)C(=O)C32)cc1. The van der Waals surface area contributed by atoms with Crippen molar-refractivity contribution in [3.05, 3.63) is 59.1 Å². The highest BCUT2D eigenvalue weighted by Crippen LogP contribution is 2.32. The molecule has 148 valence electrons. The van der Waals surface area contributed by atoms with E-state index in [1.54, 1.807) is 18.2 Å². The molecule has 2 aromatic carbocycles. The lowest BCUT2D eigenvalue weighted by Crippen LogP contribution is -2.43. The monoisotopic (exact) mass is 411 g/mol. The second kappa shape index (κ2) is 7.63. The minimum absolute atomic E-state index is 0.192. The topological polar surface area (TPSA) is 94.4 Å². The molecule has 0 spiro atoms. The molecule has 2 heterocycles. The Bertz CT molecular complexity index is 1010. The number of nitrogens with one attached hydrogen (secondary N) is 1. The standard InChI is InChI=1S/C20H18ClN5O3/c1-2-12-6-8-14(9-7-12)22-16(27)11-25-18-17(23-24-25)19(28)26(20(18)29)15-5-3-4-13(21)10-15/h3-10,17-18H,2,11H2,1H3,(H,22,27). The number of carbonyl (C=O) groups excluding carboxylic acids is 3. The number of hydrogen-bond donors (Lipinski definition) is 1. The second-order valence-electron chi connectivity index (χ2n) is 6.78. The quantitative estimate of drug-likeness (QED) is 0.765. The van der Waals surface area contributed by atoms with Gasteiger partial charge >= 0.3 is 0 Å². The summed E-state index contributed by atoms with van der Waals surface area (Å²) >= 11 is 5.98. The van der Waals surface area contributed by atoms with Crippen LogP contribution in [0.4, 0.5) is 11.4 Å². The highest BCUT2D eigenvalue weighted by molar-refractivity contribution is 6.31. The number of amides is 3. The molecule has 2 aromatic rings. The van der Waals surface area contributed by atoms with Gasteiger partial charge in [0.05, 0.1) is 5.69 Å². The molecule has 1 N–H and O–H groups in total. The normalized spacial score (nSPS) is 20.3. The predicted molar refractivity (Wildman–Crippen MR) is 108 cm³/mol. The van der Waals surface area contributed by atoms with E-state index in [-0.39, 0.29) is 12.5 Å². The molecule has 2 atom stereocenters. The summed E-state index contributed by atoms with van der Waals surface area (Å²) in [6.07, 6.45) is 0.907. The van der Waals surface area contributed by atoms with Gasteiger partial charge < -0.3 is 5.32 Å². The average molecular weight is 412 g/mol. The van der Waals surface area contributed by atoms with Crippen molar-refractivity contribution in [3.8, 4) is 0 Å². The highest BCUT2D eigenvalue weighted by atomic mass is 35.5. The van der Waals surface area contributed by atoms with Crippen LogP contribution in [0.5, 0.6) is 0 Å². The van der Waals surface area contributed by atoms with Crippen molar-refractivity contribution in [2.45, 2.75) is 25.4 Å². The summed E-state index contributed by atoms with van der Waals surface area (Å²) in [5.74, 6) is -1.31. The van der Waals surface area contributed by atoms with Crippen LogP contribution in [-0.2, 0) is 20.8 Å². The minimum Gasteiger partial charge on any atom is -0.324 e. The molecule has 4 rings (SSSR count). The van der Waals surface area contributed by atoms with Crippen molar-refractivity contribution in [2.75, 3.05) is 16.8 Å². The minimum atomic E-state index is -0.960. The summed E-state index contributed by atoms with van der Waals surface area (Å²) in [6, 6.07) is 12.1. The first-order valence-electron chi connectivity index (χ1n) is 9.17. The second-order valence-corrected chi connectivity index (χ2v) is 7.22. The van der Waals surface area contributed by atoms with E-state index in [2.05, 4.69) is 22.6 Å². The molecule has 0 radical (unpaired) electrons. The molecule has 0 bridgehead atoms. The van der Waals surface area contributed by atoms with Crippen LogP contribution >= 0.6 is 11.6 Å². The molecular formula is C20H18ClN5O3. The van der Waals surface area contributed by atoms with Gasteiger partial charge in [0.2, 0.25) is 5.91 Å². The van der Waals surface area contributed by atoms with E-state index in [9.17, 15) is 14.4 Å². The molecule has 8 nitrogen and oxygen atoms in total. The predicted octanol–water partition coefficient (Wildman–Crippen LogP) is 2.83. The number of halogens is 1. The van der Waals surface area contributed by atoms with Gasteiger partial charge in [-0.2, -0.15) is 5.11 Å². The zero-order valence-electron chi connectivity index (χ0n) is 15.6. The van der Waals surface area contributed by atoms with Gasteiger partial charge in [-0.1, -0.05) is 41.9 Å². The molecule has 2 unspecified atom stereocenters. The number of imide groups is 1. The molecule has 9 heteroatoms. The van der Waals surface area contributed by atoms with Gasteiger partial charge in [-0.25, -0.2) is 4.90 Å². The number of rotatable bonds is 5. The molecule has 29 heavy (non-hydrogen) atoms. The van der Waals surface area contributed by atoms with Crippen LogP contribution in [0.3, 0.4) is 0 Å². The van der Waals surface area contributed by atoms with Crippen molar-refractivity contribution in [1.82, 2.24) is 5.01 Å². The van der Waals surface area contributed by atoms with Crippen molar-refractivity contribution in [2.24, 2.45) is 10.3 Å². The lowest BCUT2D eigenvalue weighted by atomic mass is 10.1. The van der Waals surface area contributed by atoms with Crippen molar-refractivity contribution in [3.63, 3.8) is 0 Å². The van der Waals surface area contributed by atoms with Crippen LogP contribution in [-0.4, -0.2) is 41.4 Å². The van der Waals surface area contributed by atoms with Gasteiger partial charge in [0.25, 0.3) is 11.8 Å².